The van der Waals surface area contributed by atoms with Gasteiger partial charge in [0, 0.05) is 5.69 Å². The molecule has 0 aliphatic heterocycles. The second-order valence-corrected chi connectivity index (χ2v) is 5.35. The zero-order valence-corrected chi connectivity index (χ0v) is 13.4. The van der Waals surface area contributed by atoms with Crippen LogP contribution in [0.4, 0.5) is 5.69 Å². The lowest BCUT2D eigenvalue weighted by Gasteiger charge is -2.16. The number of amides is 1. The highest BCUT2D eigenvalue weighted by molar-refractivity contribution is 6.05. The molecule has 0 aromatic heterocycles. The zero-order valence-electron chi connectivity index (χ0n) is 13.4. The molecule has 0 aliphatic carbocycles. The number of ether oxygens (including phenoxy) is 1. The number of anilines is 1. The summed E-state index contributed by atoms with van der Waals surface area (Å²) in [5, 5.41) is 2.80. The Morgan fingerprint density at radius 1 is 1.09 bits per heavy atom. The molecule has 0 aliphatic rings. The number of rotatable bonds is 6. The van der Waals surface area contributed by atoms with E-state index in [1.807, 2.05) is 55.5 Å². The average Bonchev–Trinajstić information content (AvgIpc) is 2.53. The number of carbonyl (C=O) groups excluding carboxylic acids is 2. The molecule has 120 valence electrons. The number of nitrogens with one attached hydrogen (secondary N) is 1. The zero-order chi connectivity index (χ0) is 16.7. The minimum absolute atomic E-state index is 0.252. The number of hydrogen-bond acceptors (Lipinski definition) is 3. The van der Waals surface area contributed by atoms with E-state index in [2.05, 4.69) is 5.32 Å². The maximum absolute atomic E-state index is 12.5. The summed E-state index contributed by atoms with van der Waals surface area (Å²) < 4.78 is 5.06. The lowest BCUT2D eigenvalue weighted by atomic mass is 9.98. The van der Waals surface area contributed by atoms with Crippen LogP contribution in [0.1, 0.15) is 18.1 Å². The topological polar surface area (TPSA) is 55.4 Å². The van der Waals surface area contributed by atoms with E-state index in [0.29, 0.717) is 12.1 Å². The largest absolute Gasteiger partial charge is 0.465 e. The van der Waals surface area contributed by atoms with Crippen LogP contribution >= 0.6 is 0 Å². The molecular weight excluding hydrogens is 290 g/mol. The summed E-state index contributed by atoms with van der Waals surface area (Å²) in [7, 11) is 0. The van der Waals surface area contributed by atoms with Crippen LogP contribution in [-0.2, 0) is 20.7 Å². The number of hydrogen-bond donors (Lipinski definition) is 1. The standard InChI is InChI=1S/C19H21NO3/c1-3-23-19(22)17(13-15-9-5-4-6-10-15)18(21)20-16-11-7-8-14(2)12-16/h4-12,17H,3,13H2,1-2H3,(H,20,21)/t17-/m1/s1. The molecular formula is C19H21NO3. The molecule has 1 atom stereocenters. The molecule has 0 saturated heterocycles. The number of benzene rings is 2. The van der Waals surface area contributed by atoms with Gasteiger partial charge in [0.2, 0.25) is 5.91 Å². The van der Waals surface area contributed by atoms with Crippen molar-refractivity contribution in [1.82, 2.24) is 0 Å². The van der Waals surface area contributed by atoms with Gasteiger partial charge in [-0.05, 0) is 43.5 Å². The normalized spacial score (nSPS) is 11.6. The van der Waals surface area contributed by atoms with Crippen LogP contribution in [0.3, 0.4) is 0 Å². The van der Waals surface area contributed by atoms with Crippen LogP contribution in [-0.4, -0.2) is 18.5 Å². The van der Waals surface area contributed by atoms with Crippen molar-refractivity contribution in [3.05, 3.63) is 65.7 Å². The van der Waals surface area contributed by atoms with Gasteiger partial charge in [0.15, 0.2) is 0 Å². The van der Waals surface area contributed by atoms with Crippen molar-refractivity contribution < 1.29 is 14.3 Å². The number of aryl methyl sites for hydroxylation is 1. The Morgan fingerprint density at radius 2 is 1.83 bits per heavy atom. The summed E-state index contributed by atoms with van der Waals surface area (Å²) in [5.41, 5.74) is 2.64. The first kappa shape index (κ1) is 16.7. The minimum atomic E-state index is -0.863. The molecule has 0 spiro atoms. The third-order valence-electron chi connectivity index (χ3n) is 3.46. The SMILES string of the molecule is CCOC(=O)[C@H](Cc1ccccc1)C(=O)Nc1cccc(C)c1. The van der Waals surface area contributed by atoms with Crippen LogP contribution in [0, 0.1) is 12.8 Å². The highest BCUT2D eigenvalue weighted by atomic mass is 16.5. The predicted octanol–water partition coefficient (Wildman–Crippen LogP) is 3.36. The van der Waals surface area contributed by atoms with Gasteiger partial charge in [-0.25, -0.2) is 0 Å². The molecule has 0 radical (unpaired) electrons. The van der Waals surface area contributed by atoms with Gasteiger partial charge in [0.25, 0.3) is 0 Å². The summed E-state index contributed by atoms with van der Waals surface area (Å²) in [5.74, 6) is -1.71. The van der Waals surface area contributed by atoms with E-state index in [4.69, 9.17) is 4.74 Å². The summed E-state index contributed by atoms with van der Waals surface area (Å²) in [6, 6.07) is 16.9. The van der Waals surface area contributed by atoms with Crippen LogP contribution in [0.25, 0.3) is 0 Å². The summed E-state index contributed by atoms with van der Waals surface area (Å²) in [4.78, 5) is 24.7. The second kappa shape index (κ2) is 8.13. The Kier molecular flexibility index (Phi) is 5.92. The predicted molar refractivity (Wildman–Crippen MR) is 90.1 cm³/mol. The van der Waals surface area contributed by atoms with Gasteiger partial charge < -0.3 is 10.1 Å². The van der Waals surface area contributed by atoms with Crippen molar-refractivity contribution >= 4 is 17.6 Å². The molecule has 1 amide bonds. The lowest BCUT2D eigenvalue weighted by Crippen LogP contribution is -2.33. The van der Waals surface area contributed by atoms with Crippen molar-refractivity contribution in [2.24, 2.45) is 5.92 Å². The van der Waals surface area contributed by atoms with Gasteiger partial charge >= 0.3 is 5.97 Å². The Labute approximate surface area is 136 Å². The summed E-state index contributed by atoms with van der Waals surface area (Å²) in [6.07, 6.45) is 0.317. The highest BCUT2D eigenvalue weighted by Gasteiger charge is 2.28. The van der Waals surface area contributed by atoms with Gasteiger partial charge in [-0.2, -0.15) is 0 Å². The first-order valence-corrected chi connectivity index (χ1v) is 7.68. The minimum Gasteiger partial charge on any atom is -0.465 e. The second-order valence-electron chi connectivity index (χ2n) is 5.35. The van der Waals surface area contributed by atoms with Crippen LogP contribution in [0.5, 0.6) is 0 Å². The quantitative estimate of drug-likeness (QED) is 0.657. The van der Waals surface area contributed by atoms with Gasteiger partial charge in [-0.15, -0.1) is 0 Å². The smallest absolute Gasteiger partial charge is 0.318 e. The fourth-order valence-corrected chi connectivity index (χ4v) is 2.33. The molecule has 1 N–H and O–H groups in total. The Morgan fingerprint density at radius 3 is 2.48 bits per heavy atom. The van der Waals surface area contributed by atoms with Crippen LogP contribution < -0.4 is 5.32 Å². The monoisotopic (exact) mass is 311 g/mol. The van der Waals surface area contributed by atoms with Crippen molar-refractivity contribution in [2.45, 2.75) is 20.3 Å². The molecule has 2 rings (SSSR count). The molecule has 0 fully saturated rings. The maximum atomic E-state index is 12.5. The first-order chi connectivity index (χ1) is 11.1. The molecule has 0 saturated carbocycles. The van der Waals surface area contributed by atoms with Crippen molar-refractivity contribution in [3.63, 3.8) is 0 Å². The fourth-order valence-electron chi connectivity index (χ4n) is 2.33. The van der Waals surface area contributed by atoms with Crippen molar-refractivity contribution in [1.29, 1.82) is 0 Å². The number of carbonyl (C=O) groups is 2. The van der Waals surface area contributed by atoms with E-state index in [9.17, 15) is 9.59 Å². The van der Waals surface area contributed by atoms with Crippen LogP contribution in [0.15, 0.2) is 54.6 Å². The van der Waals surface area contributed by atoms with Crippen molar-refractivity contribution in [3.8, 4) is 0 Å². The Bertz CT molecular complexity index is 667. The van der Waals surface area contributed by atoms with E-state index in [-0.39, 0.29) is 12.5 Å². The van der Waals surface area contributed by atoms with Crippen molar-refractivity contribution in [2.75, 3.05) is 11.9 Å². The summed E-state index contributed by atoms with van der Waals surface area (Å²) in [6.45, 7) is 3.93. The molecule has 4 nitrogen and oxygen atoms in total. The molecule has 23 heavy (non-hydrogen) atoms. The molecule has 0 bridgehead atoms. The first-order valence-electron chi connectivity index (χ1n) is 7.68. The highest BCUT2D eigenvalue weighted by Crippen LogP contribution is 2.15. The maximum Gasteiger partial charge on any atom is 0.318 e. The van der Waals surface area contributed by atoms with Gasteiger partial charge in [0.1, 0.15) is 5.92 Å². The fraction of sp³-hybridized carbons (Fsp3) is 0.263. The van der Waals surface area contributed by atoms with E-state index < -0.39 is 11.9 Å². The number of esters is 1. The van der Waals surface area contributed by atoms with E-state index >= 15 is 0 Å². The third kappa shape index (κ3) is 4.95. The molecule has 2 aromatic rings. The lowest BCUT2D eigenvalue weighted by molar-refractivity contribution is -0.150. The van der Waals surface area contributed by atoms with E-state index in [1.165, 1.54) is 0 Å². The Balaban J connectivity index is 2.15. The molecule has 0 unspecified atom stereocenters. The van der Waals surface area contributed by atoms with E-state index in [1.54, 1.807) is 13.0 Å². The summed E-state index contributed by atoms with van der Waals surface area (Å²) >= 11 is 0. The van der Waals surface area contributed by atoms with Crippen LogP contribution in [0.2, 0.25) is 0 Å². The van der Waals surface area contributed by atoms with Gasteiger partial charge in [0.05, 0.1) is 6.61 Å². The average molecular weight is 311 g/mol. The van der Waals surface area contributed by atoms with E-state index in [0.717, 1.165) is 11.1 Å². The Hall–Kier alpha value is -2.62. The molecule has 2 aromatic carbocycles. The molecule has 4 heteroatoms. The molecule has 0 heterocycles. The van der Waals surface area contributed by atoms with Gasteiger partial charge in [-0.1, -0.05) is 42.5 Å². The van der Waals surface area contributed by atoms with Gasteiger partial charge in [-0.3, -0.25) is 9.59 Å². The third-order valence-corrected chi connectivity index (χ3v) is 3.46.